The maximum Gasteiger partial charge on any atom is 0.401 e. The first-order valence-electron chi connectivity index (χ1n) is 7.69. The number of nitrogens with zero attached hydrogens (tertiary/aromatic N) is 5. The molecule has 1 atom stereocenters. The highest BCUT2D eigenvalue weighted by Gasteiger charge is 2.34. The van der Waals surface area contributed by atoms with Crippen LogP contribution in [0.2, 0.25) is 0 Å². The van der Waals surface area contributed by atoms with Gasteiger partial charge < -0.3 is 5.32 Å². The number of fused-ring (bicyclic) bond motifs is 1. The van der Waals surface area contributed by atoms with Crippen LogP contribution in [0.4, 0.5) is 19.0 Å². The van der Waals surface area contributed by atoms with E-state index in [1.165, 1.54) is 4.90 Å². The molecule has 0 saturated carbocycles. The van der Waals surface area contributed by atoms with Gasteiger partial charge in [0.15, 0.2) is 11.5 Å². The highest BCUT2D eigenvalue weighted by molar-refractivity contribution is 5.43. The maximum atomic E-state index is 12.4. The first-order valence-corrected chi connectivity index (χ1v) is 7.69. The third kappa shape index (κ3) is 3.90. The Balaban J connectivity index is 1.57. The molecular formula is C14H19F3N6. The van der Waals surface area contributed by atoms with Gasteiger partial charge in [0.25, 0.3) is 0 Å². The molecule has 0 bridgehead atoms. The lowest BCUT2D eigenvalue weighted by atomic mass is 10.1. The van der Waals surface area contributed by atoms with Crippen LogP contribution in [0, 0.1) is 5.92 Å². The van der Waals surface area contributed by atoms with E-state index in [1.807, 2.05) is 19.1 Å². The van der Waals surface area contributed by atoms with Crippen molar-refractivity contribution < 1.29 is 13.2 Å². The van der Waals surface area contributed by atoms with Gasteiger partial charge in [0.1, 0.15) is 5.82 Å². The van der Waals surface area contributed by atoms with Crippen molar-refractivity contribution in [3.8, 4) is 0 Å². The van der Waals surface area contributed by atoms with E-state index in [4.69, 9.17) is 0 Å². The molecule has 2 aromatic heterocycles. The fourth-order valence-corrected chi connectivity index (χ4v) is 2.87. The predicted molar refractivity (Wildman–Crippen MR) is 79.3 cm³/mol. The summed E-state index contributed by atoms with van der Waals surface area (Å²) in [7, 11) is 0. The third-order valence-electron chi connectivity index (χ3n) is 3.99. The normalized spacial score (nSPS) is 19.6. The Morgan fingerprint density at radius 1 is 1.30 bits per heavy atom. The van der Waals surface area contributed by atoms with E-state index < -0.39 is 12.7 Å². The molecule has 1 saturated heterocycles. The number of alkyl halides is 3. The van der Waals surface area contributed by atoms with Gasteiger partial charge in [-0.05, 0) is 31.0 Å². The average Bonchev–Trinajstić information content (AvgIpc) is 3.09. The number of rotatable bonds is 5. The minimum atomic E-state index is -4.13. The number of likely N-dealkylation sites (tertiary alicyclic amines) is 1. The van der Waals surface area contributed by atoms with Crippen molar-refractivity contribution in [3.05, 3.63) is 18.0 Å². The SMILES string of the molecule is CCc1nnc2ccc(NCC3CCN(CC(F)(F)F)C3)nn12. The highest BCUT2D eigenvalue weighted by Crippen LogP contribution is 2.23. The molecule has 2 aromatic rings. The summed E-state index contributed by atoms with van der Waals surface area (Å²) in [4.78, 5) is 1.46. The quantitative estimate of drug-likeness (QED) is 0.909. The zero-order valence-corrected chi connectivity index (χ0v) is 12.8. The van der Waals surface area contributed by atoms with Crippen molar-refractivity contribution in [3.63, 3.8) is 0 Å². The molecule has 0 spiro atoms. The molecule has 1 fully saturated rings. The summed E-state index contributed by atoms with van der Waals surface area (Å²) in [6, 6.07) is 3.64. The van der Waals surface area contributed by atoms with E-state index in [0.29, 0.717) is 31.1 Å². The largest absolute Gasteiger partial charge is 0.401 e. The van der Waals surface area contributed by atoms with Crippen molar-refractivity contribution in [2.24, 2.45) is 5.92 Å². The lowest BCUT2D eigenvalue weighted by molar-refractivity contribution is -0.143. The average molecular weight is 328 g/mol. The summed E-state index contributed by atoms with van der Waals surface area (Å²) in [5.74, 6) is 1.66. The number of aryl methyl sites for hydroxylation is 1. The third-order valence-corrected chi connectivity index (χ3v) is 3.99. The molecule has 0 aromatic carbocycles. The molecule has 6 nitrogen and oxygen atoms in total. The van der Waals surface area contributed by atoms with Crippen molar-refractivity contribution in [2.75, 3.05) is 31.5 Å². The summed E-state index contributed by atoms with van der Waals surface area (Å²) in [5.41, 5.74) is 0.685. The standard InChI is InChI=1S/C14H19F3N6/c1-2-12-19-20-13-4-3-11(21-23(12)13)18-7-10-5-6-22(8-10)9-14(15,16)17/h3-4,10H,2,5-9H2,1H3,(H,18,21). The van der Waals surface area contributed by atoms with Gasteiger partial charge in [0, 0.05) is 19.5 Å². The van der Waals surface area contributed by atoms with Crippen LogP contribution in [0.1, 0.15) is 19.2 Å². The summed E-state index contributed by atoms with van der Waals surface area (Å²) in [6.45, 7) is 2.71. The first kappa shape index (κ1) is 16.0. The topological polar surface area (TPSA) is 58.4 Å². The van der Waals surface area contributed by atoms with Crippen LogP contribution in [0.15, 0.2) is 12.1 Å². The van der Waals surface area contributed by atoms with Crippen molar-refractivity contribution in [1.82, 2.24) is 24.7 Å². The number of aromatic nitrogens is 4. The number of hydrogen-bond donors (Lipinski definition) is 1. The number of halogens is 3. The maximum absolute atomic E-state index is 12.4. The minimum Gasteiger partial charge on any atom is -0.368 e. The van der Waals surface area contributed by atoms with E-state index in [2.05, 4.69) is 20.6 Å². The van der Waals surface area contributed by atoms with E-state index in [1.54, 1.807) is 4.52 Å². The highest BCUT2D eigenvalue weighted by atomic mass is 19.4. The number of nitrogens with one attached hydrogen (secondary N) is 1. The minimum absolute atomic E-state index is 0.196. The smallest absolute Gasteiger partial charge is 0.368 e. The van der Waals surface area contributed by atoms with Crippen LogP contribution < -0.4 is 5.32 Å². The fraction of sp³-hybridized carbons (Fsp3) is 0.643. The Morgan fingerprint density at radius 2 is 2.13 bits per heavy atom. The molecule has 0 amide bonds. The van der Waals surface area contributed by atoms with Crippen molar-refractivity contribution >= 4 is 11.5 Å². The predicted octanol–water partition coefficient (Wildman–Crippen LogP) is 1.98. The molecule has 0 radical (unpaired) electrons. The Morgan fingerprint density at radius 3 is 2.87 bits per heavy atom. The molecule has 3 heterocycles. The van der Waals surface area contributed by atoms with Crippen LogP contribution in [0.25, 0.3) is 5.65 Å². The summed E-state index contributed by atoms with van der Waals surface area (Å²) < 4.78 is 38.9. The van der Waals surface area contributed by atoms with E-state index in [9.17, 15) is 13.2 Å². The second kappa shape index (κ2) is 6.31. The van der Waals surface area contributed by atoms with Gasteiger partial charge in [0.05, 0.1) is 6.54 Å². The van der Waals surface area contributed by atoms with Gasteiger partial charge in [-0.2, -0.15) is 17.7 Å². The molecule has 1 N–H and O–H groups in total. The molecule has 23 heavy (non-hydrogen) atoms. The molecular weight excluding hydrogens is 309 g/mol. The van der Waals surface area contributed by atoms with Crippen LogP contribution >= 0.6 is 0 Å². The monoisotopic (exact) mass is 328 g/mol. The van der Waals surface area contributed by atoms with Gasteiger partial charge in [-0.1, -0.05) is 6.92 Å². The Labute approximate surface area is 131 Å². The Bertz CT molecular complexity index is 668. The zero-order chi connectivity index (χ0) is 16.4. The van der Waals surface area contributed by atoms with Crippen LogP contribution in [-0.4, -0.2) is 57.1 Å². The first-order chi connectivity index (χ1) is 10.9. The molecule has 1 unspecified atom stereocenters. The lowest BCUT2D eigenvalue weighted by Crippen LogP contribution is -2.33. The van der Waals surface area contributed by atoms with Crippen LogP contribution in [0.5, 0.6) is 0 Å². The lowest BCUT2D eigenvalue weighted by Gasteiger charge is -2.18. The van der Waals surface area contributed by atoms with Gasteiger partial charge in [-0.25, -0.2) is 0 Å². The molecule has 3 rings (SSSR count). The van der Waals surface area contributed by atoms with Crippen LogP contribution in [0.3, 0.4) is 0 Å². The van der Waals surface area contributed by atoms with E-state index in [-0.39, 0.29) is 5.92 Å². The van der Waals surface area contributed by atoms with E-state index in [0.717, 1.165) is 18.7 Å². The van der Waals surface area contributed by atoms with E-state index >= 15 is 0 Å². The summed E-state index contributed by atoms with van der Waals surface area (Å²) in [6.07, 6.45) is -2.63. The Hall–Kier alpha value is -1.90. The van der Waals surface area contributed by atoms with Crippen LogP contribution in [-0.2, 0) is 6.42 Å². The second-order valence-corrected chi connectivity index (χ2v) is 5.84. The molecule has 1 aliphatic rings. The summed E-state index contributed by atoms with van der Waals surface area (Å²) in [5, 5.41) is 15.7. The van der Waals surface area contributed by atoms with Gasteiger partial charge in [0.2, 0.25) is 0 Å². The molecule has 0 aliphatic carbocycles. The van der Waals surface area contributed by atoms with Gasteiger partial charge >= 0.3 is 6.18 Å². The van der Waals surface area contributed by atoms with Crippen molar-refractivity contribution in [1.29, 1.82) is 0 Å². The molecule has 1 aliphatic heterocycles. The summed E-state index contributed by atoms with van der Waals surface area (Å²) >= 11 is 0. The molecule has 126 valence electrons. The van der Waals surface area contributed by atoms with Crippen molar-refractivity contribution in [2.45, 2.75) is 25.9 Å². The zero-order valence-electron chi connectivity index (χ0n) is 12.8. The van der Waals surface area contributed by atoms with Gasteiger partial charge in [-0.3, -0.25) is 4.90 Å². The number of hydrogen-bond acceptors (Lipinski definition) is 5. The second-order valence-electron chi connectivity index (χ2n) is 5.84. The number of anilines is 1. The van der Waals surface area contributed by atoms with Gasteiger partial charge in [-0.15, -0.1) is 15.3 Å². The molecule has 9 heteroatoms. The Kier molecular flexibility index (Phi) is 4.38. The fourth-order valence-electron chi connectivity index (χ4n) is 2.87.